The van der Waals surface area contributed by atoms with E-state index in [0.29, 0.717) is 22.7 Å². The number of nitrogens with zero attached hydrogens (tertiary/aromatic N) is 24. The highest BCUT2D eigenvalue weighted by atomic mass is 15.5. The van der Waals surface area contributed by atoms with Gasteiger partial charge in [0, 0.05) is 52.4 Å². The Kier molecular flexibility index (Phi) is 77.8. The first-order valence-electron chi connectivity index (χ1n) is 59.3. The zero-order chi connectivity index (χ0) is 107. The Bertz CT molecular complexity index is 3860. The molecule has 0 radical (unpaired) electrons. The van der Waals surface area contributed by atoms with E-state index in [4.69, 9.17) is 0 Å². The van der Waals surface area contributed by atoms with Crippen LogP contribution in [0.1, 0.15) is 525 Å². The van der Waals surface area contributed by atoms with Gasteiger partial charge < -0.3 is 0 Å². The molecule has 8 heterocycles. The molecule has 0 aromatic carbocycles. The number of hydrogen-bond donors (Lipinski definition) is 0. The SMILES string of the molecule is CC(C)CCCCCCCc1cnnn1CCC(C)C.CC(C)CCCCCCCc1cnnn1CCC(C)C.CC(C)CCCCCc1cnnn1CC(C)C.CC(C)CCCCCc1cnnn1CC(C)C.CC(C)CCCCc1cnnn1CCC(C)C.CC(C)CCCCc1cnnn1CCC(C)C.CC(C)CCCc1cnnn1CCCC(C)(C)C.CC(C)CCCc1cnnn1CCCC(C)(C)C. The fourth-order valence-electron chi connectivity index (χ4n) is 16.9. The Morgan fingerprint density at radius 3 is 0.500 bits per heavy atom. The van der Waals surface area contributed by atoms with Crippen LogP contribution >= 0.6 is 0 Å². The topological polar surface area (TPSA) is 246 Å². The van der Waals surface area contributed by atoms with E-state index in [2.05, 4.69) is 355 Å². The first-order valence-corrected chi connectivity index (χ1v) is 59.3. The Morgan fingerprint density at radius 2 is 0.306 bits per heavy atom. The van der Waals surface area contributed by atoms with Crippen LogP contribution in [0.3, 0.4) is 0 Å². The summed E-state index contributed by atoms with van der Waals surface area (Å²) in [5.74, 6) is 10.8. The van der Waals surface area contributed by atoms with Crippen molar-refractivity contribution >= 4 is 0 Å². The lowest BCUT2D eigenvalue weighted by molar-refractivity contribution is 0.345. The van der Waals surface area contributed by atoms with Crippen molar-refractivity contribution in [1.82, 2.24) is 120 Å². The van der Waals surface area contributed by atoms with Crippen molar-refractivity contribution in [2.24, 2.45) is 93.7 Å². The molecule has 8 aromatic heterocycles. The van der Waals surface area contributed by atoms with Crippen LogP contribution in [0.25, 0.3) is 0 Å². The maximum atomic E-state index is 4.20. The zero-order valence-electron chi connectivity index (χ0n) is 101. The van der Waals surface area contributed by atoms with Gasteiger partial charge in [-0.2, -0.15) is 0 Å². The molecule has 0 saturated heterocycles. The number of rotatable bonds is 68. The minimum Gasteiger partial charge on any atom is -0.249 e. The fraction of sp³-hybridized carbons (Fsp3) is 0.867. The molecular weight excluding hydrogens is 1780 g/mol. The molecule has 24 heteroatoms. The first-order chi connectivity index (χ1) is 68.3. The number of aryl methyl sites for hydroxylation is 14. The van der Waals surface area contributed by atoms with E-state index >= 15 is 0 Å². The van der Waals surface area contributed by atoms with E-state index in [-0.39, 0.29) is 0 Å². The Labute approximate surface area is 886 Å². The average molecular weight is 2010 g/mol. The van der Waals surface area contributed by atoms with Gasteiger partial charge >= 0.3 is 0 Å². The lowest BCUT2D eigenvalue weighted by Crippen LogP contribution is -2.10. The van der Waals surface area contributed by atoms with E-state index in [1.807, 2.05) is 49.6 Å². The molecule has 0 N–H and O–H groups in total. The van der Waals surface area contributed by atoms with E-state index < -0.39 is 0 Å². The molecule has 0 aliphatic heterocycles. The van der Waals surface area contributed by atoms with Gasteiger partial charge in [-0.3, -0.25) is 0 Å². The third-order valence-corrected chi connectivity index (χ3v) is 26.1. The second-order valence-corrected chi connectivity index (χ2v) is 50.6. The molecule has 0 spiro atoms. The van der Waals surface area contributed by atoms with Gasteiger partial charge in [0.1, 0.15) is 0 Å². The summed E-state index contributed by atoms with van der Waals surface area (Å²) in [4.78, 5) is 0. The highest BCUT2D eigenvalue weighted by Crippen LogP contribution is 2.26. The van der Waals surface area contributed by atoms with Crippen molar-refractivity contribution in [3.05, 3.63) is 95.1 Å². The van der Waals surface area contributed by atoms with E-state index in [0.717, 1.165) is 175 Å². The highest BCUT2D eigenvalue weighted by molar-refractivity contribution is 5.00. The van der Waals surface area contributed by atoms with E-state index in [9.17, 15) is 0 Å². The van der Waals surface area contributed by atoms with Crippen molar-refractivity contribution in [1.29, 1.82) is 0 Å². The summed E-state index contributed by atoms with van der Waals surface area (Å²) in [6.45, 7) is 85.3. The summed E-state index contributed by atoms with van der Waals surface area (Å²) in [6, 6.07) is 0. The monoisotopic (exact) mass is 2010 g/mol. The standard InChI is InChI=1S/2C17H33N3.2C15H29N3.4C14H27N3/c2*1-15(2)10-8-6-5-7-9-11-17-14-18-19-20(17)13-12-16(3)4;2*1-13(2)8-6-9-14-12-16-17-18(14)11-7-10-15(3,4)5;2*1-12(2)7-5-6-8-14-11-15-16-17(14)10-9-13(3)4;2*1-12(2)8-6-5-7-9-14-10-15-16-17(14)11-13(3)4/h2*14-16H,5-13H2,1-4H3;2*12-13H,6-11H2,1-5H3;2*11-13H,5-10H2,1-4H3;2*10,12-13H,5-9,11H2,1-4H3. The third kappa shape index (κ3) is 77.5. The van der Waals surface area contributed by atoms with Crippen LogP contribution in [0.2, 0.25) is 0 Å². The van der Waals surface area contributed by atoms with Crippen LogP contribution < -0.4 is 0 Å². The van der Waals surface area contributed by atoms with Crippen LogP contribution in [0.4, 0.5) is 0 Å². The molecule has 0 amide bonds. The van der Waals surface area contributed by atoms with Crippen LogP contribution in [0, 0.1) is 93.7 Å². The fourth-order valence-corrected chi connectivity index (χ4v) is 16.9. The molecule has 0 bridgehead atoms. The molecule has 0 atom stereocenters. The quantitative estimate of drug-likeness (QED) is 0.0322. The summed E-state index contributed by atoms with van der Waals surface area (Å²) >= 11 is 0. The van der Waals surface area contributed by atoms with Gasteiger partial charge in [-0.25, -0.2) is 37.5 Å². The maximum Gasteiger partial charge on any atom is 0.0725 e. The van der Waals surface area contributed by atoms with Gasteiger partial charge in [0.2, 0.25) is 0 Å². The van der Waals surface area contributed by atoms with Gasteiger partial charge in [0.25, 0.3) is 0 Å². The molecule has 832 valence electrons. The molecule has 24 nitrogen and oxygen atoms in total. The molecule has 8 aromatic rings. The molecule has 8 rings (SSSR count). The predicted molar refractivity (Wildman–Crippen MR) is 612 cm³/mol. The number of unbranched alkanes of at least 4 members (excludes halogenated alkanes) is 14. The average Bonchev–Trinajstić information content (AvgIpc) is 1.78. The van der Waals surface area contributed by atoms with Crippen molar-refractivity contribution in [3.8, 4) is 0 Å². The smallest absolute Gasteiger partial charge is 0.0725 e. The van der Waals surface area contributed by atoms with E-state index in [1.54, 1.807) is 0 Å². The van der Waals surface area contributed by atoms with Crippen LogP contribution in [0.5, 0.6) is 0 Å². The largest absolute Gasteiger partial charge is 0.249 e. The van der Waals surface area contributed by atoms with Crippen molar-refractivity contribution in [2.45, 2.75) is 583 Å². The van der Waals surface area contributed by atoms with Crippen molar-refractivity contribution in [2.75, 3.05) is 0 Å². The van der Waals surface area contributed by atoms with Gasteiger partial charge in [-0.05, 0) is 248 Å². The second-order valence-electron chi connectivity index (χ2n) is 50.6. The number of hydrogen-bond acceptors (Lipinski definition) is 16. The molecule has 0 aliphatic rings. The summed E-state index contributed by atoms with van der Waals surface area (Å²) in [5, 5.41) is 65.7. The summed E-state index contributed by atoms with van der Waals surface area (Å²) in [5.41, 5.74) is 11.2. The predicted octanol–water partition coefficient (Wildman–Crippen LogP) is 32.7. The third-order valence-electron chi connectivity index (χ3n) is 26.1. The first kappa shape index (κ1) is 135. The minimum absolute atomic E-state index is 0.415. The number of aromatic nitrogens is 24. The minimum atomic E-state index is 0.415. The van der Waals surface area contributed by atoms with Crippen molar-refractivity contribution in [3.63, 3.8) is 0 Å². The summed E-state index contributed by atoms with van der Waals surface area (Å²) in [6.07, 6.45) is 73.7. The van der Waals surface area contributed by atoms with Crippen LogP contribution in [-0.4, -0.2) is 120 Å². The molecule has 0 aliphatic carbocycles. The summed E-state index contributed by atoms with van der Waals surface area (Å²) < 4.78 is 16.7. The molecule has 0 saturated carbocycles. The molecule has 0 unspecified atom stereocenters. The Balaban J connectivity index is 0.000000823. The normalized spacial score (nSPS) is 11.8. The van der Waals surface area contributed by atoms with Gasteiger partial charge in [0.05, 0.1) is 95.1 Å². The molecule has 0 fully saturated rings. The summed E-state index contributed by atoms with van der Waals surface area (Å²) in [7, 11) is 0. The Hall–Kier alpha value is -6.88. The zero-order valence-corrected chi connectivity index (χ0v) is 101. The van der Waals surface area contributed by atoms with E-state index in [1.165, 1.54) is 290 Å². The lowest BCUT2D eigenvalue weighted by atomic mass is 9.90. The molecule has 144 heavy (non-hydrogen) atoms. The highest BCUT2D eigenvalue weighted by Gasteiger charge is 2.17. The lowest BCUT2D eigenvalue weighted by Gasteiger charge is -2.17. The maximum absolute atomic E-state index is 4.20. The van der Waals surface area contributed by atoms with Gasteiger partial charge in [-0.1, -0.05) is 418 Å². The van der Waals surface area contributed by atoms with Crippen LogP contribution in [0.15, 0.2) is 49.6 Å². The second kappa shape index (κ2) is 82.9. The Morgan fingerprint density at radius 1 is 0.160 bits per heavy atom. The van der Waals surface area contributed by atoms with Gasteiger partial charge in [0.15, 0.2) is 0 Å². The molecular formula is C120H232N24. The van der Waals surface area contributed by atoms with Crippen molar-refractivity contribution < 1.29 is 0 Å². The van der Waals surface area contributed by atoms with Crippen LogP contribution in [-0.2, 0) is 104 Å². The van der Waals surface area contributed by atoms with Gasteiger partial charge in [-0.15, -0.1) is 40.8 Å².